The van der Waals surface area contributed by atoms with E-state index in [0.717, 1.165) is 77.0 Å². The molecule has 0 fully saturated rings. The van der Waals surface area contributed by atoms with Gasteiger partial charge in [0.05, 0.1) is 0 Å². The maximum atomic E-state index is 12.7. The Morgan fingerprint density at radius 2 is 0.650 bits per heavy atom. The number of ether oxygens (including phenoxy) is 3. The second-order valence-corrected chi connectivity index (χ2v) is 17.1. The molecule has 0 spiro atoms. The number of carbonyl (C=O) groups excluding carboxylic acids is 3. The molecule has 0 N–H and O–H groups in total. The van der Waals surface area contributed by atoms with Crippen LogP contribution in [0.1, 0.15) is 258 Å². The van der Waals surface area contributed by atoms with Crippen LogP contribution in [0.5, 0.6) is 0 Å². The monoisotopic (exact) mass is 841 g/mol. The number of esters is 3. The van der Waals surface area contributed by atoms with Crippen LogP contribution in [-0.4, -0.2) is 37.2 Å². The minimum absolute atomic E-state index is 0.0866. The van der Waals surface area contributed by atoms with E-state index in [0.29, 0.717) is 19.3 Å². The summed E-state index contributed by atoms with van der Waals surface area (Å²) >= 11 is 0. The van der Waals surface area contributed by atoms with Crippen molar-refractivity contribution in [1.29, 1.82) is 0 Å². The second-order valence-electron chi connectivity index (χ2n) is 17.1. The number of hydrogen-bond acceptors (Lipinski definition) is 6. The van der Waals surface area contributed by atoms with Crippen molar-refractivity contribution in [2.45, 2.75) is 264 Å². The highest BCUT2D eigenvalue weighted by Gasteiger charge is 2.19. The highest BCUT2D eigenvalue weighted by molar-refractivity contribution is 5.71. The standard InChI is InChI=1S/C54H96O6/c1-4-7-10-13-16-19-21-23-25-26-27-28-30-31-33-35-38-41-44-47-53(56)59-50-51(49-58-52(55)46-43-40-37-18-15-12-9-6-3)60-54(57)48-45-42-39-36-34-32-29-24-22-20-17-14-11-8-5-2/h8,11,17,20,24,29,34,36,51H,4-7,9-10,12-16,18-19,21-23,25-28,30-33,35,37-50H2,1-3H3/b11-8-,20-17-,29-24-,36-34-. The smallest absolute Gasteiger partial charge is 0.306 e. The number of unbranched alkanes of at least 4 members (excludes halogenated alkanes) is 27. The van der Waals surface area contributed by atoms with E-state index in [9.17, 15) is 14.4 Å². The number of allylic oxidation sites excluding steroid dienone is 8. The van der Waals surface area contributed by atoms with Crippen molar-refractivity contribution in [2.75, 3.05) is 13.2 Å². The maximum Gasteiger partial charge on any atom is 0.306 e. The Balaban J connectivity index is 4.30. The highest BCUT2D eigenvalue weighted by atomic mass is 16.6. The Bertz CT molecular complexity index is 1060. The Kier molecular flexibility index (Phi) is 46.9. The molecule has 0 aliphatic carbocycles. The van der Waals surface area contributed by atoms with E-state index in [1.807, 2.05) is 0 Å². The molecule has 0 aromatic carbocycles. The predicted octanol–water partition coefficient (Wildman–Crippen LogP) is 16.7. The zero-order valence-electron chi connectivity index (χ0n) is 39.7. The summed E-state index contributed by atoms with van der Waals surface area (Å²) in [7, 11) is 0. The van der Waals surface area contributed by atoms with E-state index < -0.39 is 6.10 Å². The zero-order chi connectivity index (χ0) is 43.7. The summed E-state index contributed by atoms with van der Waals surface area (Å²) in [6.45, 7) is 6.48. The predicted molar refractivity (Wildman–Crippen MR) is 256 cm³/mol. The van der Waals surface area contributed by atoms with E-state index >= 15 is 0 Å². The summed E-state index contributed by atoms with van der Waals surface area (Å²) < 4.78 is 16.7. The molecular weight excluding hydrogens is 745 g/mol. The molecule has 0 heterocycles. The lowest BCUT2D eigenvalue weighted by Crippen LogP contribution is -2.30. The Labute approximate surface area is 371 Å². The zero-order valence-corrected chi connectivity index (χ0v) is 39.7. The van der Waals surface area contributed by atoms with Gasteiger partial charge in [0.1, 0.15) is 13.2 Å². The van der Waals surface area contributed by atoms with Crippen LogP contribution in [0.3, 0.4) is 0 Å². The molecule has 0 aromatic heterocycles. The largest absolute Gasteiger partial charge is 0.462 e. The Hall–Kier alpha value is -2.63. The van der Waals surface area contributed by atoms with Gasteiger partial charge in [-0.25, -0.2) is 0 Å². The molecule has 1 atom stereocenters. The van der Waals surface area contributed by atoms with E-state index in [2.05, 4.69) is 69.4 Å². The van der Waals surface area contributed by atoms with Crippen molar-refractivity contribution in [2.24, 2.45) is 0 Å². The maximum absolute atomic E-state index is 12.7. The van der Waals surface area contributed by atoms with Crippen LogP contribution in [0, 0.1) is 0 Å². The van der Waals surface area contributed by atoms with Crippen molar-refractivity contribution in [3.63, 3.8) is 0 Å². The van der Waals surface area contributed by atoms with Gasteiger partial charge in [-0.15, -0.1) is 0 Å². The second kappa shape index (κ2) is 49.0. The van der Waals surface area contributed by atoms with Crippen LogP contribution in [0.25, 0.3) is 0 Å². The molecule has 60 heavy (non-hydrogen) atoms. The van der Waals surface area contributed by atoms with Gasteiger partial charge in [0.2, 0.25) is 0 Å². The first-order valence-electron chi connectivity index (χ1n) is 25.6. The number of carbonyl (C=O) groups is 3. The average Bonchev–Trinajstić information content (AvgIpc) is 3.24. The van der Waals surface area contributed by atoms with Gasteiger partial charge in [-0.3, -0.25) is 14.4 Å². The van der Waals surface area contributed by atoms with Crippen LogP contribution in [0.4, 0.5) is 0 Å². The lowest BCUT2D eigenvalue weighted by Gasteiger charge is -2.18. The van der Waals surface area contributed by atoms with Crippen LogP contribution >= 0.6 is 0 Å². The van der Waals surface area contributed by atoms with E-state index in [1.165, 1.54) is 135 Å². The van der Waals surface area contributed by atoms with Gasteiger partial charge in [0.15, 0.2) is 6.10 Å². The topological polar surface area (TPSA) is 78.9 Å². The van der Waals surface area contributed by atoms with Gasteiger partial charge < -0.3 is 14.2 Å². The summed E-state index contributed by atoms with van der Waals surface area (Å²) in [5.74, 6) is -0.925. The van der Waals surface area contributed by atoms with E-state index in [4.69, 9.17) is 14.2 Å². The summed E-state index contributed by atoms with van der Waals surface area (Å²) in [6, 6.07) is 0. The van der Waals surface area contributed by atoms with Crippen molar-refractivity contribution in [1.82, 2.24) is 0 Å². The van der Waals surface area contributed by atoms with Crippen molar-refractivity contribution in [3.05, 3.63) is 48.6 Å². The van der Waals surface area contributed by atoms with Crippen LogP contribution in [0.2, 0.25) is 0 Å². The first-order chi connectivity index (χ1) is 29.5. The molecule has 0 saturated carbocycles. The molecule has 0 aliphatic rings. The quantitative estimate of drug-likeness (QED) is 0.0263. The molecule has 0 saturated heterocycles. The Morgan fingerprint density at radius 3 is 1.02 bits per heavy atom. The fourth-order valence-corrected chi connectivity index (χ4v) is 7.26. The fraction of sp³-hybridized carbons (Fsp3) is 0.796. The third kappa shape index (κ3) is 46.4. The first kappa shape index (κ1) is 57.4. The van der Waals surface area contributed by atoms with Gasteiger partial charge in [0, 0.05) is 19.3 Å². The normalized spacial score (nSPS) is 12.4. The molecule has 348 valence electrons. The SMILES string of the molecule is CC/C=C\C/C=C\C/C=C\C/C=C\CCCCC(=O)OC(COC(=O)CCCCCCCCCC)COC(=O)CCCCCCCCCCCCCCCCCCCCC. The van der Waals surface area contributed by atoms with Gasteiger partial charge in [0.25, 0.3) is 0 Å². The van der Waals surface area contributed by atoms with E-state index in [1.54, 1.807) is 0 Å². The molecule has 0 bridgehead atoms. The van der Waals surface area contributed by atoms with Crippen molar-refractivity contribution < 1.29 is 28.6 Å². The third-order valence-corrected chi connectivity index (χ3v) is 11.1. The Morgan fingerprint density at radius 1 is 0.350 bits per heavy atom. The summed E-state index contributed by atoms with van der Waals surface area (Å²) in [5, 5.41) is 0. The van der Waals surface area contributed by atoms with Gasteiger partial charge >= 0.3 is 17.9 Å². The number of rotatable bonds is 46. The molecule has 0 rings (SSSR count). The minimum atomic E-state index is -0.789. The lowest BCUT2D eigenvalue weighted by atomic mass is 10.0. The summed E-state index contributed by atoms with van der Waals surface area (Å²) in [4.78, 5) is 37.8. The molecule has 6 nitrogen and oxygen atoms in total. The third-order valence-electron chi connectivity index (χ3n) is 11.1. The number of hydrogen-bond donors (Lipinski definition) is 0. The van der Waals surface area contributed by atoms with Crippen LogP contribution in [0.15, 0.2) is 48.6 Å². The molecule has 0 aromatic rings. The first-order valence-corrected chi connectivity index (χ1v) is 25.6. The van der Waals surface area contributed by atoms with E-state index in [-0.39, 0.29) is 37.5 Å². The molecular formula is C54H96O6. The fourth-order valence-electron chi connectivity index (χ4n) is 7.26. The van der Waals surface area contributed by atoms with Crippen LogP contribution < -0.4 is 0 Å². The van der Waals surface area contributed by atoms with Crippen LogP contribution in [-0.2, 0) is 28.6 Å². The molecule has 0 aliphatic heterocycles. The molecule has 6 heteroatoms. The lowest BCUT2D eigenvalue weighted by molar-refractivity contribution is -0.167. The van der Waals surface area contributed by atoms with Gasteiger partial charge in [-0.05, 0) is 57.8 Å². The summed E-state index contributed by atoms with van der Waals surface area (Å²) in [5.41, 5.74) is 0. The van der Waals surface area contributed by atoms with Gasteiger partial charge in [-0.2, -0.15) is 0 Å². The summed E-state index contributed by atoms with van der Waals surface area (Å²) in [6.07, 6.45) is 58.3. The molecule has 0 amide bonds. The van der Waals surface area contributed by atoms with Gasteiger partial charge in [-0.1, -0.05) is 230 Å². The molecule has 0 radical (unpaired) electrons. The van der Waals surface area contributed by atoms with Crippen molar-refractivity contribution in [3.8, 4) is 0 Å². The highest BCUT2D eigenvalue weighted by Crippen LogP contribution is 2.16. The molecule has 1 unspecified atom stereocenters. The minimum Gasteiger partial charge on any atom is -0.462 e. The average molecular weight is 841 g/mol. The van der Waals surface area contributed by atoms with Crippen molar-refractivity contribution >= 4 is 17.9 Å².